The molecule has 2 bridgehead atoms. The molecule has 3 amide bonds. The van der Waals surface area contributed by atoms with Gasteiger partial charge in [-0.1, -0.05) is 40.6 Å². The third-order valence-electron chi connectivity index (χ3n) is 9.81. The van der Waals surface area contributed by atoms with Crippen LogP contribution >= 0.6 is 34.7 Å². The number of nitrogens with zero attached hydrogens (tertiary/aromatic N) is 1. The zero-order chi connectivity index (χ0) is 31.9. The molecular formula is C34H27ClFN3O5S2. The number of thioether (sulfide) groups is 1. The second-order valence-electron chi connectivity index (χ2n) is 12.3. The molecule has 234 valence electrons. The maximum absolute atomic E-state index is 14.0. The van der Waals surface area contributed by atoms with Gasteiger partial charge in [0.05, 0.1) is 22.5 Å². The summed E-state index contributed by atoms with van der Waals surface area (Å²) in [5.41, 5.74) is 2.80. The number of imide groups is 1. The van der Waals surface area contributed by atoms with Crippen LogP contribution in [-0.2, 0) is 14.4 Å². The fourth-order valence-electron chi connectivity index (χ4n) is 8.08. The van der Waals surface area contributed by atoms with Crippen LogP contribution in [0.4, 0.5) is 15.8 Å². The Morgan fingerprint density at radius 2 is 1.74 bits per heavy atom. The number of aromatic nitrogens is 1. The summed E-state index contributed by atoms with van der Waals surface area (Å²) in [6.07, 6.45) is 0.739. The molecule has 8 rings (SSSR count). The van der Waals surface area contributed by atoms with Gasteiger partial charge in [-0.3, -0.25) is 24.1 Å². The van der Waals surface area contributed by atoms with Gasteiger partial charge in [-0.25, -0.2) is 4.39 Å². The Morgan fingerprint density at radius 1 is 1.02 bits per heavy atom. The van der Waals surface area contributed by atoms with Gasteiger partial charge in [0, 0.05) is 32.3 Å². The van der Waals surface area contributed by atoms with Crippen molar-refractivity contribution < 1.29 is 23.5 Å². The Labute approximate surface area is 276 Å². The van der Waals surface area contributed by atoms with Crippen molar-refractivity contribution in [2.45, 2.75) is 29.5 Å². The molecule has 2 aliphatic carbocycles. The molecule has 1 aromatic heterocycles. The highest BCUT2D eigenvalue weighted by atomic mass is 35.5. The second kappa shape index (κ2) is 11.1. The van der Waals surface area contributed by atoms with Crippen molar-refractivity contribution in [3.8, 4) is 5.75 Å². The van der Waals surface area contributed by atoms with Crippen LogP contribution in [0, 0.1) is 42.3 Å². The normalized spacial score (nSPS) is 27.4. The Balaban J connectivity index is 1.14. The fraction of sp³-hybridized carbons (Fsp3) is 0.294. The minimum absolute atomic E-state index is 0.0164. The van der Waals surface area contributed by atoms with Gasteiger partial charge in [0.2, 0.25) is 11.8 Å². The van der Waals surface area contributed by atoms with Crippen LogP contribution in [0.25, 0.3) is 0 Å². The molecule has 0 spiro atoms. The third kappa shape index (κ3) is 4.70. The van der Waals surface area contributed by atoms with E-state index < -0.39 is 23.6 Å². The molecule has 4 aliphatic rings. The number of ether oxygens (including phenoxy) is 1. The minimum Gasteiger partial charge on any atom is -0.483 e. The minimum atomic E-state index is -0.453. The van der Waals surface area contributed by atoms with Crippen LogP contribution < -0.4 is 19.8 Å². The number of rotatable bonds is 6. The lowest BCUT2D eigenvalue weighted by Crippen LogP contribution is -2.42. The van der Waals surface area contributed by atoms with Crippen molar-refractivity contribution >= 4 is 63.8 Å². The lowest BCUT2D eigenvalue weighted by atomic mass is 9.68. The average molecular weight is 676 g/mol. The summed E-state index contributed by atoms with van der Waals surface area (Å²) < 4.78 is 19.4. The number of fused-ring (bicyclic) bond motifs is 9. The quantitative estimate of drug-likeness (QED) is 0.235. The second-order valence-corrected chi connectivity index (χ2v) is 15.0. The number of halogens is 2. The molecule has 2 N–H and O–H groups in total. The number of carbonyl (C=O) groups excluding carboxylic acids is 3. The number of aryl methyl sites for hydroxylation is 1. The molecule has 12 heteroatoms. The average Bonchev–Trinajstić information content (AvgIpc) is 3.77. The van der Waals surface area contributed by atoms with E-state index in [0.717, 1.165) is 38.8 Å². The molecule has 4 unspecified atom stereocenters. The monoisotopic (exact) mass is 675 g/mol. The Kier molecular flexibility index (Phi) is 7.11. The molecule has 0 radical (unpaired) electrons. The molecule has 2 saturated carbocycles. The summed E-state index contributed by atoms with van der Waals surface area (Å²) in [7, 11) is 0. The van der Waals surface area contributed by atoms with Gasteiger partial charge in [-0.15, -0.1) is 11.8 Å². The van der Waals surface area contributed by atoms with E-state index >= 15 is 0 Å². The number of amides is 3. The summed E-state index contributed by atoms with van der Waals surface area (Å²) in [6, 6.07) is 18.1. The summed E-state index contributed by atoms with van der Waals surface area (Å²) >= 11 is 9.29. The van der Waals surface area contributed by atoms with Crippen LogP contribution in [0.5, 0.6) is 5.75 Å². The van der Waals surface area contributed by atoms with E-state index in [2.05, 4.69) is 10.3 Å². The number of hydrogen-bond acceptors (Lipinski definition) is 7. The van der Waals surface area contributed by atoms with Gasteiger partial charge >= 0.3 is 4.87 Å². The molecule has 7 atom stereocenters. The van der Waals surface area contributed by atoms with Crippen LogP contribution in [0.2, 0.25) is 5.02 Å². The molecule has 4 aromatic rings. The number of thiazole rings is 1. The fourth-order valence-corrected chi connectivity index (χ4v) is 11.1. The van der Waals surface area contributed by atoms with E-state index in [-0.39, 0.29) is 52.2 Å². The van der Waals surface area contributed by atoms with E-state index in [4.69, 9.17) is 16.3 Å². The molecular weight excluding hydrogens is 649 g/mol. The van der Waals surface area contributed by atoms with Crippen LogP contribution in [0.1, 0.15) is 28.3 Å². The highest BCUT2D eigenvalue weighted by Gasteiger charge is 2.69. The first kappa shape index (κ1) is 29.5. The van der Waals surface area contributed by atoms with Crippen molar-refractivity contribution in [2.75, 3.05) is 16.8 Å². The van der Waals surface area contributed by atoms with E-state index in [1.807, 2.05) is 37.3 Å². The molecule has 8 nitrogen and oxygen atoms in total. The highest BCUT2D eigenvalue weighted by Crippen LogP contribution is 2.69. The summed E-state index contributed by atoms with van der Waals surface area (Å²) in [4.78, 5) is 58.5. The predicted molar refractivity (Wildman–Crippen MR) is 174 cm³/mol. The Bertz CT molecular complexity index is 1960. The largest absolute Gasteiger partial charge is 0.483 e. The number of carbonyl (C=O) groups is 3. The zero-order valence-electron chi connectivity index (χ0n) is 24.4. The number of benzene rings is 3. The maximum atomic E-state index is 14.0. The number of H-pyrrole nitrogens is 1. The van der Waals surface area contributed by atoms with E-state index in [1.165, 1.54) is 29.2 Å². The first-order valence-electron chi connectivity index (χ1n) is 15.0. The van der Waals surface area contributed by atoms with Gasteiger partial charge in [-0.05, 0) is 85.7 Å². The Morgan fingerprint density at radius 3 is 2.48 bits per heavy atom. The molecule has 2 aliphatic heterocycles. The van der Waals surface area contributed by atoms with Gasteiger partial charge in [0.25, 0.3) is 5.91 Å². The van der Waals surface area contributed by atoms with Crippen molar-refractivity contribution in [3.63, 3.8) is 0 Å². The van der Waals surface area contributed by atoms with Crippen molar-refractivity contribution in [1.29, 1.82) is 0 Å². The summed E-state index contributed by atoms with van der Waals surface area (Å²) in [5, 5.41) is 3.92. The van der Waals surface area contributed by atoms with Crippen LogP contribution in [-0.4, -0.2) is 34.6 Å². The first-order valence-corrected chi connectivity index (χ1v) is 17.1. The van der Waals surface area contributed by atoms with E-state index in [0.29, 0.717) is 22.1 Å². The van der Waals surface area contributed by atoms with Crippen LogP contribution in [0.3, 0.4) is 0 Å². The number of nitrogens with one attached hydrogen (secondary N) is 2. The highest BCUT2D eigenvalue weighted by molar-refractivity contribution is 8.00. The molecule has 3 fully saturated rings. The molecule has 3 heterocycles. The van der Waals surface area contributed by atoms with Crippen molar-refractivity contribution in [3.05, 3.63) is 103 Å². The smallest absolute Gasteiger partial charge is 0.305 e. The van der Waals surface area contributed by atoms with E-state index in [1.54, 1.807) is 23.9 Å². The molecule has 1 saturated heterocycles. The summed E-state index contributed by atoms with van der Waals surface area (Å²) in [5.74, 6) is -2.12. The molecule has 3 aromatic carbocycles. The standard InChI is InChI=1S/C34H27ClFN3O5S2/c1-15-2-9-19(10-3-15)39-32(41)27-21-13-22(28(27)33(39)42)29-26(21)25(30-31(45-29)38-34(43)46-30)20-12-16(35)4-11-23(20)44-14-24(40)37-18-7-5-17(36)6-8-18/h2-12,21-22,25-29H,13-14H2,1H3,(H,37,40)(H,38,43)/t21-,22-,25-,26?,27?,28?,29?/m1/s1. The summed E-state index contributed by atoms with van der Waals surface area (Å²) in [6.45, 7) is 1.65. The predicted octanol–water partition coefficient (Wildman–Crippen LogP) is 6.23. The van der Waals surface area contributed by atoms with Crippen LogP contribution in [0.15, 0.2) is 76.6 Å². The van der Waals surface area contributed by atoms with Gasteiger partial charge < -0.3 is 15.0 Å². The van der Waals surface area contributed by atoms with Gasteiger partial charge in [0.15, 0.2) is 6.61 Å². The number of anilines is 2. The lowest BCUT2D eigenvalue weighted by molar-refractivity contribution is -0.123. The maximum Gasteiger partial charge on any atom is 0.305 e. The topological polar surface area (TPSA) is 109 Å². The molecule has 46 heavy (non-hydrogen) atoms. The third-order valence-corrected chi connectivity index (χ3v) is 12.6. The van der Waals surface area contributed by atoms with Gasteiger partial charge in [0.1, 0.15) is 11.6 Å². The van der Waals surface area contributed by atoms with E-state index in [9.17, 15) is 23.6 Å². The first-order chi connectivity index (χ1) is 22.2. The lowest BCUT2D eigenvalue weighted by Gasteiger charge is -2.43. The zero-order valence-corrected chi connectivity index (χ0v) is 26.8. The SMILES string of the molecule is Cc1ccc(N2C(=O)C3C(C2=O)[C@@H]2C[C@H]3C3Sc4[nH]c(=O)sc4[C@H](c4cc(Cl)ccc4OCC(=O)Nc4ccc(F)cc4)C32)cc1. The number of hydrogen-bond donors (Lipinski definition) is 2. The van der Waals surface area contributed by atoms with Gasteiger partial charge in [-0.2, -0.15) is 0 Å². The van der Waals surface area contributed by atoms with Crippen molar-refractivity contribution in [2.24, 2.45) is 29.6 Å². The van der Waals surface area contributed by atoms with Crippen molar-refractivity contribution in [1.82, 2.24) is 4.98 Å². The Hall–Kier alpha value is -3.93. The number of aromatic amines is 1.